The molecule has 0 saturated heterocycles. The molecule has 0 radical (unpaired) electrons. The predicted octanol–water partition coefficient (Wildman–Crippen LogP) is 4.88. The number of nitrogens with one attached hydrogen (secondary N) is 1. The fourth-order valence-corrected chi connectivity index (χ4v) is 3.83. The van der Waals surface area contributed by atoms with E-state index in [1.807, 2.05) is 31.2 Å². The third kappa shape index (κ3) is 4.37. The van der Waals surface area contributed by atoms with E-state index in [-0.39, 0.29) is 12.5 Å². The number of anilines is 1. The monoisotopic (exact) mass is 354 g/mol. The minimum absolute atomic E-state index is 0.0267. The molecule has 0 atom stereocenters. The van der Waals surface area contributed by atoms with Gasteiger partial charge in [-0.2, -0.15) is 0 Å². The molecule has 0 fully saturated rings. The molecular weight excluding hydrogens is 332 g/mol. The zero-order valence-corrected chi connectivity index (χ0v) is 15.6. The van der Waals surface area contributed by atoms with Crippen molar-refractivity contribution >= 4 is 32.6 Å². The van der Waals surface area contributed by atoms with Gasteiger partial charge in [0.15, 0.2) is 11.7 Å². The molecule has 25 heavy (non-hydrogen) atoms. The zero-order valence-electron chi connectivity index (χ0n) is 14.8. The van der Waals surface area contributed by atoms with Crippen LogP contribution in [0.15, 0.2) is 36.4 Å². The second-order valence-electron chi connectivity index (χ2n) is 6.18. The Labute approximate surface area is 151 Å². The van der Waals surface area contributed by atoms with Gasteiger partial charge in [0.2, 0.25) is 0 Å². The molecule has 0 saturated carbocycles. The van der Waals surface area contributed by atoms with Gasteiger partial charge < -0.3 is 4.74 Å². The Hall–Kier alpha value is -2.40. The lowest BCUT2D eigenvalue weighted by Gasteiger charge is -2.06. The molecule has 1 N–H and O–H groups in total. The van der Waals surface area contributed by atoms with Crippen LogP contribution in [0.4, 0.5) is 5.13 Å². The van der Waals surface area contributed by atoms with Crippen molar-refractivity contribution in [1.82, 2.24) is 4.98 Å². The molecule has 5 heteroatoms. The summed E-state index contributed by atoms with van der Waals surface area (Å²) in [6.07, 6.45) is 2.17. The number of carbonyl (C=O) groups is 1. The second kappa shape index (κ2) is 7.66. The van der Waals surface area contributed by atoms with Crippen molar-refractivity contribution in [2.45, 2.75) is 33.6 Å². The number of amides is 1. The van der Waals surface area contributed by atoms with Crippen LogP contribution in [0.1, 0.15) is 30.0 Å². The fourth-order valence-electron chi connectivity index (χ4n) is 2.77. The Kier molecular flexibility index (Phi) is 5.34. The highest BCUT2D eigenvalue weighted by Gasteiger charge is 2.10. The van der Waals surface area contributed by atoms with E-state index < -0.39 is 0 Å². The normalized spacial score (nSPS) is 10.8. The van der Waals surface area contributed by atoms with Crippen molar-refractivity contribution in [3.05, 3.63) is 53.1 Å². The maximum absolute atomic E-state index is 12.1. The number of benzene rings is 2. The molecule has 130 valence electrons. The third-order valence-corrected chi connectivity index (χ3v) is 4.83. The summed E-state index contributed by atoms with van der Waals surface area (Å²) in [5.74, 6) is 0.497. The lowest BCUT2D eigenvalue weighted by Crippen LogP contribution is -2.20. The van der Waals surface area contributed by atoms with Crippen LogP contribution in [0.5, 0.6) is 5.75 Å². The number of aromatic nitrogens is 1. The van der Waals surface area contributed by atoms with Crippen molar-refractivity contribution in [3.63, 3.8) is 0 Å². The van der Waals surface area contributed by atoms with Gasteiger partial charge in [-0.1, -0.05) is 42.9 Å². The summed E-state index contributed by atoms with van der Waals surface area (Å²) < 4.78 is 6.64. The standard InChI is InChI=1S/C20H22N2O2S/c1-4-5-15-6-8-16(9-7-15)24-12-18(23)21-20-22-19-14(3)10-13(2)11-17(19)25-20/h6-11H,4-5,12H2,1-3H3,(H,21,22,23). The first-order chi connectivity index (χ1) is 12.0. The van der Waals surface area contributed by atoms with Crippen LogP contribution in [0.25, 0.3) is 10.2 Å². The molecule has 0 bridgehead atoms. The number of fused-ring (bicyclic) bond motifs is 1. The smallest absolute Gasteiger partial charge is 0.264 e. The van der Waals surface area contributed by atoms with Crippen LogP contribution in [0.3, 0.4) is 0 Å². The summed E-state index contributed by atoms with van der Waals surface area (Å²) in [6.45, 7) is 6.22. The molecule has 0 aliphatic heterocycles. The average molecular weight is 354 g/mol. The number of aryl methyl sites for hydroxylation is 3. The number of nitrogens with zero attached hydrogens (tertiary/aromatic N) is 1. The fraction of sp³-hybridized carbons (Fsp3) is 0.300. The predicted molar refractivity (Wildman–Crippen MR) is 104 cm³/mol. The van der Waals surface area contributed by atoms with E-state index in [2.05, 4.69) is 36.3 Å². The summed E-state index contributed by atoms with van der Waals surface area (Å²) in [4.78, 5) is 16.6. The molecule has 3 aromatic rings. The first kappa shape index (κ1) is 17.4. The molecule has 4 nitrogen and oxygen atoms in total. The summed E-state index contributed by atoms with van der Waals surface area (Å²) in [6, 6.07) is 12.1. The van der Waals surface area contributed by atoms with E-state index in [0.717, 1.165) is 28.6 Å². The molecule has 1 aromatic heterocycles. The lowest BCUT2D eigenvalue weighted by atomic mass is 10.1. The van der Waals surface area contributed by atoms with Crippen molar-refractivity contribution in [2.75, 3.05) is 11.9 Å². The molecule has 1 heterocycles. The van der Waals surface area contributed by atoms with Gasteiger partial charge in [-0.15, -0.1) is 0 Å². The van der Waals surface area contributed by atoms with Crippen LogP contribution in [0.2, 0.25) is 0 Å². The number of ether oxygens (including phenoxy) is 1. The van der Waals surface area contributed by atoms with E-state index in [4.69, 9.17) is 4.74 Å². The number of rotatable bonds is 6. The second-order valence-corrected chi connectivity index (χ2v) is 7.21. The molecule has 0 aliphatic rings. The van der Waals surface area contributed by atoms with E-state index in [1.165, 1.54) is 22.5 Å². The van der Waals surface area contributed by atoms with E-state index in [1.54, 1.807) is 0 Å². The Balaban J connectivity index is 1.60. The highest BCUT2D eigenvalue weighted by Crippen LogP contribution is 2.29. The largest absolute Gasteiger partial charge is 0.484 e. The first-order valence-corrected chi connectivity index (χ1v) is 9.26. The number of hydrogen-bond acceptors (Lipinski definition) is 4. The van der Waals surface area contributed by atoms with Crippen molar-refractivity contribution in [2.24, 2.45) is 0 Å². The van der Waals surface area contributed by atoms with Gasteiger partial charge in [0.25, 0.3) is 5.91 Å². The number of hydrogen-bond donors (Lipinski definition) is 1. The maximum Gasteiger partial charge on any atom is 0.264 e. The van der Waals surface area contributed by atoms with E-state index in [9.17, 15) is 4.79 Å². The molecule has 1 amide bonds. The minimum Gasteiger partial charge on any atom is -0.484 e. The Morgan fingerprint density at radius 1 is 1.20 bits per heavy atom. The van der Waals surface area contributed by atoms with Crippen LogP contribution in [-0.2, 0) is 11.2 Å². The van der Waals surface area contributed by atoms with Crippen molar-refractivity contribution in [3.8, 4) is 5.75 Å². The quantitative estimate of drug-likeness (QED) is 0.686. The van der Waals surface area contributed by atoms with Gasteiger partial charge in [0.05, 0.1) is 10.2 Å². The molecule has 2 aromatic carbocycles. The molecule has 0 unspecified atom stereocenters. The minimum atomic E-state index is -0.203. The summed E-state index contributed by atoms with van der Waals surface area (Å²) >= 11 is 1.48. The Bertz CT molecular complexity index is 885. The average Bonchev–Trinajstić information content (AvgIpc) is 2.97. The first-order valence-electron chi connectivity index (χ1n) is 8.44. The number of carbonyl (C=O) groups excluding carboxylic acids is 1. The summed E-state index contributed by atoms with van der Waals surface area (Å²) in [5.41, 5.74) is 4.54. The summed E-state index contributed by atoms with van der Waals surface area (Å²) in [7, 11) is 0. The van der Waals surface area contributed by atoms with Crippen LogP contribution in [-0.4, -0.2) is 17.5 Å². The highest BCUT2D eigenvalue weighted by molar-refractivity contribution is 7.22. The SMILES string of the molecule is CCCc1ccc(OCC(=O)Nc2nc3c(C)cc(C)cc3s2)cc1. The molecular formula is C20H22N2O2S. The zero-order chi connectivity index (χ0) is 17.8. The van der Waals surface area contributed by atoms with Gasteiger partial charge in [-0.3, -0.25) is 10.1 Å². The van der Waals surface area contributed by atoms with Gasteiger partial charge in [-0.25, -0.2) is 4.98 Å². The maximum atomic E-state index is 12.1. The van der Waals surface area contributed by atoms with Crippen LogP contribution in [0, 0.1) is 13.8 Å². The molecule has 0 spiro atoms. The lowest BCUT2D eigenvalue weighted by molar-refractivity contribution is -0.118. The molecule has 0 aliphatic carbocycles. The Morgan fingerprint density at radius 3 is 2.68 bits per heavy atom. The van der Waals surface area contributed by atoms with Crippen LogP contribution >= 0.6 is 11.3 Å². The van der Waals surface area contributed by atoms with Gasteiger partial charge >= 0.3 is 0 Å². The van der Waals surface area contributed by atoms with E-state index >= 15 is 0 Å². The molecule has 3 rings (SSSR count). The highest BCUT2D eigenvalue weighted by atomic mass is 32.1. The van der Waals surface area contributed by atoms with Crippen LogP contribution < -0.4 is 10.1 Å². The summed E-state index contributed by atoms with van der Waals surface area (Å²) in [5, 5.41) is 3.43. The number of thiazole rings is 1. The van der Waals surface area contributed by atoms with Gasteiger partial charge in [0.1, 0.15) is 5.75 Å². The van der Waals surface area contributed by atoms with E-state index in [0.29, 0.717) is 10.9 Å². The van der Waals surface area contributed by atoms with Gasteiger partial charge in [0, 0.05) is 0 Å². The Morgan fingerprint density at radius 2 is 1.96 bits per heavy atom. The van der Waals surface area contributed by atoms with Crippen molar-refractivity contribution < 1.29 is 9.53 Å². The third-order valence-electron chi connectivity index (χ3n) is 3.91. The van der Waals surface area contributed by atoms with Gasteiger partial charge in [-0.05, 0) is 55.2 Å². The topological polar surface area (TPSA) is 51.2 Å². The van der Waals surface area contributed by atoms with Crippen molar-refractivity contribution in [1.29, 1.82) is 0 Å².